The lowest BCUT2D eigenvalue weighted by molar-refractivity contribution is -0.136. The van der Waals surface area contributed by atoms with E-state index in [-0.39, 0.29) is 6.42 Å². The van der Waals surface area contributed by atoms with Gasteiger partial charge in [0.25, 0.3) is 0 Å². The molecule has 2 nitrogen and oxygen atoms in total. The van der Waals surface area contributed by atoms with Gasteiger partial charge in [-0.2, -0.15) is 13.2 Å². The van der Waals surface area contributed by atoms with Crippen LogP contribution in [0.1, 0.15) is 30.0 Å². The summed E-state index contributed by atoms with van der Waals surface area (Å²) in [5.74, 6) is 0.705. The van der Waals surface area contributed by atoms with Gasteiger partial charge in [-0.1, -0.05) is 12.1 Å². The van der Waals surface area contributed by atoms with Gasteiger partial charge in [0.05, 0.1) is 7.11 Å². The van der Waals surface area contributed by atoms with Gasteiger partial charge in [0.1, 0.15) is 5.75 Å². The summed E-state index contributed by atoms with van der Waals surface area (Å²) in [5.41, 5.74) is 7.29. The van der Waals surface area contributed by atoms with Crippen molar-refractivity contribution < 1.29 is 17.9 Å². The lowest BCUT2D eigenvalue weighted by Gasteiger charge is -2.15. The van der Waals surface area contributed by atoms with Gasteiger partial charge in [-0.15, -0.1) is 0 Å². The zero-order valence-corrected chi connectivity index (χ0v) is 9.84. The van der Waals surface area contributed by atoms with Gasteiger partial charge in [-0.25, -0.2) is 0 Å². The molecule has 0 heterocycles. The molecular formula is C12H16F3NO. The minimum atomic E-state index is -4.15. The van der Waals surface area contributed by atoms with Gasteiger partial charge in [0.15, 0.2) is 0 Å². The van der Waals surface area contributed by atoms with Crippen molar-refractivity contribution in [1.82, 2.24) is 0 Å². The fourth-order valence-corrected chi connectivity index (χ4v) is 1.62. The zero-order chi connectivity index (χ0) is 13.1. The highest BCUT2D eigenvalue weighted by atomic mass is 19.4. The van der Waals surface area contributed by atoms with Crippen LogP contribution in [-0.4, -0.2) is 13.3 Å². The Hall–Kier alpha value is -1.23. The fraction of sp³-hybridized carbons (Fsp3) is 0.500. The number of hydrogen-bond donors (Lipinski definition) is 1. The molecule has 2 N–H and O–H groups in total. The summed E-state index contributed by atoms with van der Waals surface area (Å²) < 4.78 is 41.2. The molecule has 0 saturated carbocycles. The number of rotatable bonds is 4. The highest BCUT2D eigenvalue weighted by Gasteiger charge is 2.27. The molecule has 96 valence electrons. The summed E-state index contributed by atoms with van der Waals surface area (Å²) in [4.78, 5) is 0. The Morgan fingerprint density at radius 3 is 2.47 bits per heavy atom. The summed E-state index contributed by atoms with van der Waals surface area (Å²) in [6.45, 7) is 1.83. The third-order valence-electron chi connectivity index (χ3n) is 2.59. The van der Waals surface area contributed by atoms with Crippen LogP contribution >= 0.6 is 0 Å². The molecule has 0 saturated heterocycles. The Bertz CT molecular complexity index is 377. The zero-order valence-electron chi connectivity index (χ0n) is 9.84. The fourth-order valence-electron chi connectivity index (χ4n) is 1.62. The predicted molar refractivity (Wildman–Crippen MR) is 59.9 cm³/mol. The average molecular weight is 247 g/mol. The first-order chi connectivity index (χ1) is 7.83. The Labute approximate surface area is 98.6 Å². The van der Waals surface area contributed by atoms with E-state index in [9.17, 15) is 13.2 Å². The lowest BCUT2D eigenvalue weighted by Crippen LogP contribution is -2.15. The number of hydrogen-bond acceptors (Lipinski definition) is 2. The van der Waals surface area contributed by atoms with E-state index in [1.807, 2.05) is 6.92 Å². The summed E-state index contributed by atoms with van der Waals surface area (Å²) in [7, 11) is 1.55. The summed E-state index contributed by atoms with van der Waals surface area (Å²) in [6.07, 6.45) is -5.12. The molecule has 5 heteroatoms. The van der Waals surface area contributed by atoms with Crippen LogP contribution in [0, 0.1) is 6.92 Å². The maximum absolute atomic E-state index is 12.1. The van der Waals surface area contributed by atoms with E-state index in [1.165, 1.54) is 0 Å². The normalized spacial score (nSPS) is 13.5. The first-order valence-electron chi connectivity index (χ1n) is 5.30. The van der Waals surface area contributed by atoms with Gasteiger partial charge < -0.3 is 10.5 Å². The van der Waals surface area contributed by atoms with Crippen LogP contribution in [0.4, 0.5) is 13.2 Å². The van der Waals surface area contributed by atoms with Crippen molar-refractivity contribution in [3.05, 3.63) is 29.3 Å². The maximum atomic E-state index is 12.1. The molecule has 0 aliphatic heterocycles. The molecule has 1 atom stereocenters. The SMILES string of the molecule is COc1ccc(C(N)CCC(F)(F)F)cc1C. The van der Waals surface area contributed by atoms with Crippen LogP contribution in [0.3, 0.4) is 0 Å². The van der Waals surface area contributed by atoms with Gasteiger partial charge in [-0.05, 0) is 30.5 Å². The molecule has 0 aliphatic rings. The van der Waals surface area contributed by atoms with E-state index in [0.29, 0.717) is 11.3 Å². The Morgan fingerprint density at radius 1 is 1.35 bits per heavy atom. The van der Waals surface area contributed by atoms with Crippen molar-refractivity contribution in [2.45, 2.75) is 32.0 Å². The summed E-state index contributed by atoms with van der Waals surface area (Å²) in [5, 5.41) is 0. The molecule has 0 fully saturated rings. The minimum absolute atomic E-state index is 0.102. The molecule has 0 spiro atoms. The van der Waals surface area contributed by atoms with Gasteiger partial charge >= 0.3 is 6.18 Å². The van der Waals surface area contributed by atoms with Gasteiger partial charge in [0.2, 0.25) is 0 Å². The van der Waals surface area contributed by atoms with Crippen LogP contribution < -0.4 is 10.5 Å². The molecule has 0 aromatic heterocycles. The number of alkyl halides is 3. The van der Waals surface area contributed by atoms with Crippen molar-refractivity contribution in [3.63, 3.8) is 0 Å². The second-order valence-corrected chi connectivity index (χ2v) is 3.99. The molecule has 0 aliphatic carbocycles. The average Bonchev–Trinajstić information content (AvgIpc) is 2.24. The Morgan fingerprint density at radius 2 is 2.00 bits per heavy atom. The largest absolute Gasteiger partial charge is 0.496 e. The van der Waals surface area contributed by atoms with E-state index in [4.69, 9.17) is 10.5 Å². The lowest BCUT2D eigenvalue weighted by atomic mass is 10.0. The summed E-state index contributed by atoms with van der Waals surface area (Å²) >= 11 is 0. The van der Waals surface area contributed by atoms with Crippen molar-refractivity contribution >= 4 is 0 Å². The van der Waals surface area contributed by atoms with E-state index in [2.05, 4.69) is 0 Å². The van der Waals surface area contributed by atoms with E-state index < -0.39 is 18.6 Å². The quantitative estimate of drug-likeness (QED) is 0.885. The standard InChI is InChI=1S/C12H16F3NO/c1-8-7-9(3-4-11(8)17-2)10(16)5-6-12(13,14)15/h3-4,7,10H,5-6,16H2,1-2H3. The third-order valence-corrected chi connectivity index (χ3v) is 2.59. The van der Waals surface area contributed by atoms with Crippen molar-refractivity contribution in [3.8, 4) is 5.75 Å². The molecule has 1 aromatic rings. The second-order valence-electron chi connectivity index (χ2n) is 3.99. The first kappa shape index (κ1) is 13.8. The van der Waals surface area contributed by atoms with Crippen LogP contribution in [0.15, 0.2) is 18.2 Å². The molecular weight excluding hydrogens is 231 g/mol. The van der Waals surface area contributed by atoms with Crippen molar-refractivity contribution in [2.24, 2.45) is 5.73 Å². The number of methoxy groups -OCH3 is 1. The smallest absolute Gasteiger partial charge is 0.389 e. The highest BCUT2D eigenvalue weighted by molar-refractivity contribution is 5.37. The minimum Gasteiger partial charge on any atom is -0.496 e. The molecule has 1 unspecified atom stereocenters. The van der Waals surface area contributed by atoms with Crippen LogP contribution in [0.2, 0.25) is 0 Å². The van der Waals surface area contributed by atoms with Gasteiger partial charge in [-0.3, -0.25) is 0 Å². The third kappa shape index (κ3) is 4.26. The topological polar surface area (TPSA) is 35.2 Å². The molecule has 1 rings (SSSR count). The van der Waals surface area contributed by atoms with E-state index >= 15 is 0 Å². The van der Waals surface area contributed by atoms with Crippen molar-refractivity contribution in [2.75, 3.05) is 7.11 Å². The predicted octanol–water partition coefficient (Wildman–Crippen LogP) is 3.35. The molecule has 0 amide bonds. The first-order valence-corrected chi connectivity index (χ1v) is 5.30. The summed E-state index contributed by atoms with van der Waals surface area (Å²) in [6, 6.07) is 4.59. The Balaban J connectivity index is 2.69. The number of ether oxygens (including phenoxy) is 1. The number of aryl methyl sites for hydroxylation is 1. The molecule has 17 heavy (non-hydrogen) atoms. The van der Waals surface area contributed by atoms with E-state index in [0.717, 1.165) is 5.56 Å². The van der Waals surface area contributed by atoms with Gasteiger partial charge in [0, 0.05) is 12.5 Å². The maximum Gasteiger partial charge on any atom is 0.389 e. The number of nitrogens with two attached hydrogens (primary N) is 1. The van der Waals surface area contributed by atoms with Crippen molar-refractivity contribution in [1.29, 1.82) is 0 Å². The molecule has 0 bridgehead atoms. The highest BCUT2D eigenvalue weighted by Crippen LogP contribution is 2.28. The van der Waals surface area contributed by atoms with Crippen LogP contribution in [-0.2, 0) is 0 Å². The monoisotopic (exact) mass is 247 g/mol. The number of benzene rings is 1. The number of halogens is 3. The van der Waals surface area contributed by atoms with Crippen LogP contribution in [0.25, 0.3) is 0 Å². The second kappa shape index (κ2) is 5.40. The van der Waals surface area contributed by atoms with Crippen LogP contribution in [0.5, 0.6) is 5.75 Å². The Kier molecular flexibility index (Phi) is 4.40. The van der Waals surface area contributed by atoms with E-state index in [1.54, 1.807) is 25.3 Å². The molecule has 1 aromatic carbocycles. The molecule has 0 radical (unpaired) electrons.